The van der Waals surface area contributed by atoms with Crippen molar-refractivity contribution in [1.82, 2.24) is 4.98 Å². The summed E-state index contributed by atoms with van der Waals surface area (Å²) in [5.74, 6) is 1.40. The number of hydrogen-bond donors (Lipinski definition) is 1. The van der Waals surface area contributed by atoms with E-state index in [9.17, 15) is 0 Å². The van der Waals surface area contributed by atoms with E-state index in [1.54, 1.807) is 6.20 Å². The van der Waals surface area contributed by atoms with E-state index in [1.807, 2.05) is 25.1 Å². The second-order valence-electron chi connectivity index (χ2n) is 3.62. The maximum Gasteiger partial charge on any atom is 0.196 e. The smallest absolute Gasteiger partial charge is 0.196 e. The van der Waals surface area contributed by atoms with Gasteiger partial charge < -0.3 is 10.2 Å². The molecule has 0 radical (unpaired) electrons. The molecule has 2 aromatic rings. The molecule has 0 aliphatic rings. The molecule has 0 spiro atoms. The lowest BCUT2D eigenvalue weighted by molar-refractivity contribution is 0.508. The lowest BCUT2D eigenvalue weighted by atomic mass is 10.1. The summed E-state index contributed by atoms with van der Waals surface area (Å²) in [4.78, 5) is 4.16. The molecule has 0 amide bonds. The van der Waals surface area contributed by atoms with E-state index in [-0.39, 0.29) is 0 Å². The lowest BCUT2D eigenvalue weighted by Gasteiger charge is -2.02. The van der Waals surface area contributed by atoms with Crippen molar-refractivity contribution in [3.63, 3.8) is 0 Å². The number of nitrogens with two attached hydrogens (primary N) is 1. The Bertz CT molecular complexity index is 494. The molecule has 16 heavy (non-hydrogen) atoms. The maximum atomic E-state index is 5.95. The van der Waals surface area contributed by atoms with Crippen LogP contribution in [-0.4, -0.2) is 11.5 Å². The normalized spacial score (nSPS) is 10.7. The molecule has 0 atom stereocenters. The monoisotopic (exact) mass is 236 g/mol. The molecular weight excluding hydrogens is 224 g/mol. The third kappa shape index (κ3) is 2.26. The van der Waals surface area contributed by atoms with Gasteiger partial charge in [-0.2, -0.15) is 0 Å². The van der Waals surface area contributed by atoms with Gasteiger partial charge >= 0.3 is 0 Å². The summed E-state index contributed by atoms with van der Waals surface area (Å²) < 4.78 is 5.60. The number of oxazole rings is 1. The quantitative estimate of drug-likeness (QED) is 0.892. The van der Waals surface area contributed by atoms with E-state index in [1.165, 1.54) is 0 Å². The van der Waals surface area contributed by atoms with Crippen molar-refractivity contribution in [3.8, 4) is 11.3 Å². The number of halogens is 1. The fourth-order valence-corrected chi connectivity index (χ4v) is 1.71. The third-order valence-corrected chi connectivity index (χ3v) is 2.61. The highest BCUT2D eigenvalue weighted by Crippen LogP contribution is 2.27. The van der Waals surface area contributed by atoms with Gasteiger partial charge in [-0.3, -0.25) is 0 Å². The molecule has 84 valence electrons. The van der Waals surface area contributed by atoms with Crippen LogP contribution >= 0.6 is 11.6 Å². The first-order valence-electron chi connectivity index (χ1n) is 5.12. The Morgan fingerprint density at radius 3 is 3.00 bits per heavy atom. The van der Waals surface area contributed by atoms with Gasteiger partial charge in [0, 0.05) is 23.6 Å². The summed E-state index contributed by atoms with van der Waals surface area (Å²) >= 11 is 5.95. The molecule has 1 heterocycles. The molecule has 0 aliphatic carbocycles. The molecule has 4 heteroatoms. The van der Waals surface area contributed by atoms with Crippen LogP contribution in [0.4, 0.5) is 0 Å². The van der Waals surface area contributed by atoms with Gasteiger partial charge in [0.2, 0.25) is 0 Å². The van der Waals surface area contributed by atoms with E-state index in [0.29, 0.717) is 23.9 Å². The van der Waals surface area contributed by atoms with Crippen molar-refractivity contribution >= 4 is 11.6 Å². The largest absolute Gasteiger partial charge is 0.441 e. The molecule has 0 bridgehead atoms. The van der Waals surface area contributed by atoms with Gasteiger partial charge in [0.15, 0.2) is 11.7 Å². The van der Waals surface area contributed by atoms with Gasteiger partial charge in [0.05, 0.1) is 6.20 Å². The van der Waals surface area contributed by atoms with E-state index < -0.39 is 0 Å². The fraction of sp³-hybridized carbons (Fsp3) is 0.250. The van der Waals surface area contributed by atoms with Crippen LogP contribution < -0.4 is 5.73 Å². The van der Waals surface area contributed by atoms with Gasteiger partial charge in [-0.05, 0) is 24.6 Å². The third-order valence-electron chi connectivity index (χ3n) is 2.38. The molecule has 2 rings (SSSR count). The maximum absolute atomic E-state index is 5.95. The molecule has 0 unspecified atom stereocenters. The minimum absolute atomic E-state index is 0.536. The van der Waals surface area contributed by atoms with Crippen LogP contribution in [0.25, 0.3) is 11.3 Å². The Balaban J connectivity index is 2.38. The van der Waals surface area contributed by atoms with Crippen LogP contribution in [0.5, 0.6) is 0 Å². The number of aromatic nitrogens is 1. The SMILES string of the molecule is Cc1ccc(Cl)cc1-c1cnc(CCN)o1. The van der Waals surface area contributed by atoms with E-state index >= 15 is 0 Å². The number of nitrogens with zero attached hydrogens (tertiary/aromatic N) is 1. The summed E-state index contributed by atoms with van der Waals surface area (Å²) in [5, 5.41) is 0.692. The molecule has 0 aliphatic heterocycles. The van der Waals surface area contributed by atoms with Crippen LogP contribution in [0.15, 0.2) is 28.8 Å². The highest BCUT2D eigenvalue weighted by Gasteiger charge is 2.08. The second kappa shape index (κ2) is 4.68. The summed E-state index contributed by atoms with van der Waals surface area (Å²) in [7, 11) is 0. The van der Waals surface area contributed by atoms with Crippen LogP contribution in [0.3, 0.4) is 0 Å². The number of benzene rings is 1. The molecule has 1 aromatic carbocycles. The van der Waals surface area contributed by atoms with Crippen LogP contribution in [0.2, 0.25) is 5.02 Å². The lowest BCUT2D eigenvalue weighted by Crippen LogP contribution is -2.02. The summed E-state index contributed by atoms with van der Waals surface area (Å²) in [6.07, 6.45) is 2.36. The topological polar surface area (TPSA) is 52.0 Å². The van der Waals surface area contributed by atoms with Gasteiger partial charge in [-0.25, -0.2) is 4.98 Å². The van der Waals surface area contributed by atoms with E-state index in [4.69, 9.17) is 21.8 Å². The van der Waals surface area contributed by atoms with Crippen molar-refractivity contribution in [1.29, 1.82) is 0 Å². The molecular formula is C12H13ClN2O. The number of rotatable bonds is 3. The molecule has 1 aromatic heterocycles. The number of hydrogen-bond acceptors (Lipinski definition) is 3. The van der Waals surface area contributed by atoms with Gasteiger partial charge in [-0.1, -0.05) is 17.7 Å². The van der Waals surface area contributed by atoms with Gasteiger partial charge in [0.1, 0.15) is 0 Å². The van der Waals surface area contributed by atoms with Crippen molar-refractivity contribution < 1.29 is 4.42 Å². The first-order chi connectivity index (χ1) is 7.70. The van der Waals surface area contributed by atoms with Gasteiger partial charge in [0.25, 0.3) is 0 Å². The predicted molar refractivity (Wildman–Crippen MR) is 64.4 cm³/mol. The van der Waals surface area contributed by atoms with Crippen molar-refractivity contribution in [2.24, 2.45) is 5.73 Å². The standard InChI is InChI=1S/C12H13ClN2O/c1-8-2-3-9(13)6-10(8)11-7-15-12(16-11)4-5-14/h2-3,6-7H,4-5,14H2,1H3. The van der Waals surface area contributed by atoms with Crippen molar-refractivity contribution in [3.05, 3.63) is 40.9 Å². The Morgan fingerprint density at radius 1 is 1.44 bits per heavy atom. The van der Waals surface area contributed by atoms with Crippen molar-refractivity contribution in [2.45, 2.75) is 13.3 Å². The molecule has 2 N–H and O–H groups in total. The Kier molecular flexibility index (Phi) is 3.27. The zero-order chi connectivity index (χ0) is 11.5. The Hall–Kier alpha value is -1.32. The number of aryl methyl sites for hydroxylation is 1. The predicted octanol–water partition coefficient (Wildman–Crippen LogP) is 2.80. The minimum atomic E-state index is 0.536. The Labute approximate surface area is 99.2 Å². The molecule has 3 nitrogen and oxygen atoms in total. The summed E-state index contributed by atoms with van der Waals surface area (Å²) in [6, 6.07) is 5.70. The summed E-state index contributed by atoms with van der Waals surface area (Å²) in [6.45, 7) is 2.55. The highest BCUT2D eigenvalue weighted by atomic mass is 35.5. The highest BCUT2D eigenvalue weighted by molar-refractivity contribution is 6.30. The van der Waals surface area contributed by atoms with Crippen LogP contribution in [0, 0.1) is 6.92 Å². The second-order valence-corrected chi connectivity index (χ2v) is 4.05. The zero-order valence-corrected chi connectivity index (χ0v) is 9.79. The zero-order valence-electron chi connectivity index (χ0n) is 9.03. The fourth-order valence-electron chi connectivity index (χ4n) is 1.53. The first kappa shape index (κ1) is 11.2. The average molecular weight is 237 g/mol. The summed E-state index contributed by atoms with van der Waals surface area (Å²) in [5.41, 5.74) is 7.53. The first-order valence-corrected chi connectivity index (χ1v) is 5.50. The molecule has 0 saturated heterocycles. The molecule has 0 saturated carbocycles. The van der Waals surface area contributed by atoms with E-state index in [0.717, 1.165) is 16.9 Å². The van der Waals surface area contributed by atoms with Crippen molar-refractivity contribution in [2.75, 3.05) is 6.54 Å². The van der Waals surface area contributed by atoms with Gasteiger partial charge in [-0.15, -0.1) is 0 Å². The Morgan fingerprint density at radius 2 is 2.25 bits per heavy atom. The van der Waals surface area contributed by atoms with Crippen LogP contribution in [-0.2, 0) is 6.42 Å². The van der Waals surface area contributed by atoms with Crippen LogP contribution in [0.1, 0.15) is 11.5 Å². The average Bonchev–Trinajstić information content (AvgIpc) is 2.71. The molecule has 0 fully saturated rings. The minimum Gasteiger partial charge on any atom is -0.441 e. The van der Waals surface area contributed by atoms with E-state index in [2.05, 4.69) is 4.98 Å².